The first kappa shape index (κ1) is 26.2. The number of halogens is 1. The van der Waals surface area contributed by atoms with Gasteiger partial charge in [-0.2, -0.15) is 0 Å². The van der Waals surface area contributed by atoms with Crippen molar-refractivity contribution in [3.05, 3.63) is 48.2 Å². The number of pyridine rings is 1. The van der Waals surface area contributed by atoms with E-state index in [1.807, 2.05) is 48.2 Å². The number of rotatable bonds is 6. The van der Waals surface area contributed by atoms with Crippen molar-refractivity contribution in [1.29, 1.82) is 0 Å². The summed E-state index contributed by atoms with van der Waals surface area (Å²) in [5.74, 6) is 2.75. The van der Waals surface area contributed by atoms with Crippen LogP contribution in [-0.2, 0) is 16.4 Å². The van der Waals surface area contributed by atoms with Gasteiger partial charge in [-0.25, -0.2) is 13.4 Å². The van der Waals surface area contributed by atoms with Gasteiger partial charge in [0.2, 0.25) is 5.88 Å². The Morgan fingerprint density at radius 1 is 1.22 bits per heavy atom. The molecule has 3 rings (SSSR count). The van der Waals surface area contributed by atoms with E-state index in [1.165, 1.54) is 0 Å². The van der Waals surface area contributed by atoms with Crippen LogP contribution < -0.4 is 14.8 Å². The number of hydrogen-bond donors (Lipinski definition) is 1. The Balaban J connectivity index is 0.00000363. The van der Waals surface area contributed by atoms with Crippen LogP contribution in [0.15, 0.2) is 47.6 Å². The fourth-order valence-electron chi connectivity index (χ4n) is 3.35. The first-order valence-corrected chi connectivity index (χ1v) is 11.9. The summed E-state index contributed by atoms with van der Waals surface area (Å²) in [6, 6.07) is 11.2. The molecule has 1 aliphatic rings. The molecule has 1 aromatic carbocycles. The van der Waals surface area contributed by atoms with Crippen LogP contribution >= 0.6 is 24.0 Å². The highest BCUT2D eigenvalue weighted by Gasteiger charge is 2.40. The van der Waals surface area contributed by atoms with Gasteiger partial charge in [0.15, 0.2) is 15.8 Å². The molecule has 0 spiro atoms. The lowest BCUT2D eigenvalue weighted by atomic mass is 10.2. The number of ether oxygens (including phenoxy) is 2. The van der Waals surface area contributed by atoms with Crippen molar-refractivity contribution in [1.82, 2.24) is 15.2 Å². The number of aromatic nitrogens is 1. The van der Waals surface area contributed by atoms with Crippen molar-refractivity contribution in [3.8, 4) is 17.4 Å². The van der Waals surface area contributed by atoms with E-state index < -0.39 is 14.6 Å². The second-order valence-corrected chi connectivity index (χ2v) is 10.7. The van der Waals surface area contributed by atoms with Gasteiger partial charge in [0.25, 0.3) is 0 Å². The second kappa shape index (κ2) is 11.2. The van der Waals surface area contributed by atoms with Crippen molar-refractivity contribution in [2.24, 2.45) is 4.99 Å². The highest BCUT2D eigenvalue weighted by atomic mass is 127. The number of sulfone groups is 1. The first-order chi connectivity index (χ1) is 14.7. The standard InChI is InChI=1S/C22H30N4O4S.HI/c1-5-29-18-6-8-19(9-7-18)30-20-14-17(10-11-24-20)15-25-21(23-4)26-12-13-31(27,28)22(2,3)16-26;/h6-11,14H,5,12-13,15-16H2,1-4H3,(H,23,25);1H. The SMILES string of the molecule is CCOc1ccc(Oc2cc(CNC(=NC)N3CCS(=O)(=O)C(C)(C)C3)ccn2)cc1.I. The molecule has 0 saturated carbocycles. The van der Waals surface area contributed by atoms with Crippen molar-refractivity contribution in [2.45, 2.75) is 32.1 Å². The summed E-state index contributed by atoms with van der Waals surface area (Å²) in [7, 11) is -1.40. The van der Waals surface area contributed by atoms with Gasteiger partial charge in [0.1, 0.15) is 11.5 Å². The molecule has 1 saturated heterocycles. The van der Waals surface area contributed by atoms with Gasteiger partial charge in [0.05, 0.1) is 17.1 Å². The topological polar surface area (TPSA) is 93.1 Å². The minimum atomic E-state index is -3.10. The summed E-state index contributed by atoms with van der Waals surface area (Å²) in [6.45, 7) is 7.41. The Morgan fingerprint density at radius 2 is 1.91 bits per heavy atom. The van der Waals surface area contributed by atoms with E-state index in [4.69, 9.17) is 9.47 Å². The van der Waals surface area contributed by atoms with E-state index in [1.54, 1.807) is 27.1 Å². The third-order valence-electron chi connectivity index (χ3n) is 5.16. The molecule has 0 bridgehead atoms. The van der Waals surface area contributed by atoms with Crippen molar-refractivity contribution < 1.29 is 17.9 Å². The van der Waals surface area contributed by atoms with E-state index in [-0.39, 0.29) is 29.7 Å². The zero-order chi connectivity index (χ0) is 22.5. The summed E-state index contributed by atoms with van der Waals surface area (Å²) in [5, 5.41) is 3.31. The van der Waals surface area contributed by atoms with Crippen LogP contribution in [0.3, 0.4) is 0 Å². The molecule has 10 heteroatoms. The summed E-state index contributed by atoms with van der Waals surface area (Å²) in [4.78, 5) is 10.6. The minimum absolute atomic E-state index is 0. The monoisotopic (exact) mass is 574 g/mol. The Kier molecular flexibility index (Phi) is 9.14. The lowest BCUT2D eigenvalue weighted by Gasteiger charge is -2.39. The van der Waals surface area contributed by atoms with Crippen molar-refractivity contribution in [2.75, 3.05) is 32.5 Å². The summed E-state index contributed by atoms with van der Waals surface area (Å²) in [6.07, 6.45) is 1.69. The van der Waals surface area contributed by atoms with Crippen LogP contribution in [0.1, 0.15) is 26.3 Å². The molecule has 0 aliphatic carbocycles. The van der Waals surface area contributed by atoms with Crippen LogP contribution in [-0.4, -0.2) is 61.5 Å². The lowest BCUT2D eigenvalue weighted by Crippen LogP contribution is -2.57. The molecule has 1 fully saturated rings. The van der Waals surface area contributed by atoms with Crippen LogP contribution in [0, 0.1) is 0 Å². The molecule has 1 N–H and O–H groups in total. The quantitative estimate of drug-likeness (QED) is 0.321. The van der Waals surface area contributed by atoms with Gasteiger partial charge < -0.3 is 19.7 Å². The lowest BCUT2D eigenvalue weighted by molar-refractivity contribution is 0.339. The molecular formula is C22H31IN4O4S. The number of nitrogens with zero attached hydrogens (tertiary/aromatic N) is 3. The Morgan fingerprint density at radius 3 is 2.53 bits per heavy atom. The molecule has 1 aliphatic heterocycles. The van der Waals surface area contributed by atoms with Gasteiger partial charge in [-0.05, 0) is 56.7 Å². The van der Waals surface area contributed by atoms with Crippen LogP contribution in [0.4, 0.5) is 0 Å². The minimum Gasteiger partial charge on any atom is -0.494 e. The molecular weight excluding hydrogens is 543 g/mol. The van der Waals surface area contributed by atoms with Crippen molar-refractivity contribution >= 4 is 39.8 Å². The third-order valence-corrected chi connectivity index (χ3v) is 7.69. The molecule has 1 aromatic heterocycles. The van der Waals surface area contributed by atoms with Gasteiger partial charge in [-0.3, -0.25) is 4.99 Å². The maximum absolute atomic E-state index is 12.3. The van der Waals surface area contributed by atoms with E-state index in [0.29, 0.717) is 43.8 Å². The Labute approximate surface area is 207 Å². The highest BCUT2D eigenvalue weighted by Crippen LogP contribution is 2.25. The highest BCUT2D eigenvalue weighted by molar-refractivity contribution is 14.0. The fourth-order valence-corrected chi connectivity index (χ4v) is 4.71. The predicted molar refractivity (Wildman–Crippen MR) is 137 cm³/mol. The van der Waals surface area contributed by atoms with E-state index in [9.17, 15) is 8.42 Å². The average molecular weight is 574 g/mol. The van der Waals surface area contributed by atoms with Crippen LogP contribution in [0.25, 0.3) is 0 Å². The van der Waals surface area contributed by atoms with Gasteiger partial charge in [0, 0.05) is 38.9 Å². The first-order valence-electron chi connectivity index (χ1n) is 10.3. The number of hydrogen-bond acceptors (Lipinski definition) is 6. The normalized spacial score (nSPS) is 17.2. The predicted octanol–water partition coefficient (Wildman–Crippen LogP) is 3.48. The maximum atomic E-state index is 12.3. The maximum Gasteiger partial charge on any atom is 0.219 e. The van der Waals surface area contributed by atoms with Crippen LogP contribution in [0.2, 0.25) is 0 Å². The number of benzene rings is 1. The third kappa shape index (κ3) is 6.47. The molecule has 176 valence electrons. The number of guanidine groups is 1. The number of aliphatic imine (C=N–C) groups is 1. The fraction of sp³-hybridized carbons (Fsp3) is 0.455. The molecule has 2 aromatic rings. The van der Waals surface area contributed by atoms with E-state index in [2.05, 4.69) is 15.3 Å². The molecule has 0 amide bonds. The van der Waals surface area contributed by atoms with Crippen molar-refractivity contribution in [3.63, 3.8) is 0 Å². The second-order valence-electron chi connectivity index (χ2n) is 7.91. The molecule has 8 nitrogen and oxygen atoms in total. The van der Waals surface area contributed by atoms with Gasteiger partial charge >= 0.3 is 0 Å². The zero-order valence-electron chi connectivity index (χ0n) is 18.9. The van der Waals surface area contributed by atoms with Crippen LogP contribution in [0.5, 0.6) is 17.4 Å². The molecule has 32 heavy (non-hydrogen) atoms. The molecule has 0 radical (unpaired) electrons. The van der Waals surface area contributed by atoms with Gasteiger partial charge in [-0.15, -0.1) is 24.0 Å². The summed E-state index contributed by atoms with van der Waals surface area (Å²) in [5.41, 5.74) is 0.973. The van der Waals surface area contributed by atoms with Gasteiger partial charge in [-0.1, -0.05) is 0 Å². The van der Waals surface area contributed by atoms with E-state index in [0.717, 1.165) is 11.3 Å². The smallest absolute Gasteiger partial charge is 0.219 e. The Hall–Kier alpha value is -2.08. The molecule has 0 atom stereocenters. The van der Waals surface area contributed by atoms with E-state index >= 15 is 0 Å². The average Bonchev–Trinajstić information content (AvgIpc) is 2.73. The molecule has 0 unspecified atom stereocenters. The summed E-state index contributed by atoms with van der Waals surface area (Å²) >= 11 is 0. The Bertz CT molecular complexity index is 1030. The largest absolute Gasteiger partial charge is 0.494 e. The summed E-state index contributed by atoms with van der Waals surface area (Å²) < 4.78 is 35.0. The molecule has 2 heterocycles. The number of nitrogens with one attached hydrogen (secondary N) is 1. The zero-order valence-corrected chi connectivity index (χ0v) is 22.0.